The van der Waals surface area contributed by atoms with Gasteiger partial charge in [0, 0.05) is 10.4 Å². The van der Waals surface area contributed by atoms with Crippen LogP contribution in [-0.2, 0) is 103 Å². The zero-order valence-corrected chi connectivity index (χ0v) is 17.2. The van der Waals surface area contributed by atoms with Gasteiger partial charge in [-0.25, -0.2) is 33.7 Å². The van der Waals surface area contributed by atoms with Crippen LogP contribution < -0.4 is 0 Å². The molecule has 0 saturated heterocycles. The number of hydrogen-bond acceptors (Lipinski definition) is 20. The molecule has 0 N–H and O–H groups in total. The van der Waals surface area contributed by atoms with Crippen LogP contribution in [-0.4, -0.2) is 69.4 Å². The van der Waals surface area contributed by atoms with Crippen molar-refractivity contribution in [3.8, 4) is 0 Å². The van der Waals surface area contributed by atoms with E-state index in [1.165, 1.54) is 0 Å². The summed E-state index contributed by atoms with van der Waals surface area (Å²) in [5.41, 5.74) is 0. The van der Waals surface area contributed by atoms with E-state index in [1.54, 1.807) is 0 Å². The van der Waals surface area contributed by atoms with E-state index >= 15 is 0 Å². The van der Waals surface area contributed by atoms with Gasteiger partial charge in [0.05, 0.1) is 0 Å². The third kappa shape index (κ3) is 75.8. The molecule has 27 heavy (non-hydrogen) atoms. The van der Waals surface area contributed by atoms with E-state index in [9.17, 15) is 51.9 Å². The molecule has 0 unspecified atom stereocenters. The molecule has 27 heteroatoms. The molecule has 0 fully saturated rings. The van der Waals surface area contributed by atoms with Crippen molar-refractivity contribution >= 4 is 52.0 Å². The van der Waals surface area contributed by atoms with E-state index < -0.39 is 52.0 Å². The topological polar surface area (TPSA) is 346 Å². The molecule has 0 atom stereocenters. The predicted molar refractivity (Wildman–Crippen MR) is 53.6 cm³/mol. The Morgan fingerprint density at radius 1 is 0.370 bits per heavy atom. The Kier molecular flexibility index (Phi) is 20.3. The SMILES string of the molecule is O=S(=O)([O-])OOS(=O)(=O)[O-].O=S(=O)([O-])OOS(=O)(=O)[O-].O=S(=O)([O-])[O-].[Fe+3].[Fe+3]. The van der Waals surface area contributed by atoms with Crippen LogP contribution in [0.5, 0.6) is 0 Å². The molecule has 0 aromatic rings. The molecule has 2 radical (unpaired) electrons. The first kappa shape index (κ1) is 38.0. The van der Waals surface area contributed by atoms with Gasteiger partial charge in [0.1, 0.15) is 0 Å². The summed E-state index contributed by atoms with van der Waals surface area (Å²) in [6, 6.07) is 0. The van der Waals surface area contributed by atoms with Gasteiger partial charge in [0.15, 0.2) is 0 Å². The van der Waals surface area contributed by atoms with Gasteiger partial charge in [-0.1, -0.05) is 0 Å². The van der Waals surface area contributed by atoms with Crippen molar-refractivity contribution in [2.45, 2.75) is 0 Å². The second-order valence-electron chi connectivity index (χ2n) is 2.31. The molecule has 0 saturated carbocycles. The van der Waals surface area contributed by atoms with E-state index in [-0.39, 0.29) is 34.1 Å². The Hall–Kier alpha value is 0.389. The first-order chi connectivity index (χ1) is 10.4. The first-order valence-electron chi connectivity index (χ1n) is 3.67. The molecule has 0 aromatic heterocycles. The Balaban J connectivity index is -0.0000000910. The molecule has 0 aromatic carbocycles. The maximum absolute atomic E-state index is 9.37. The summed E-state index contributed by atoms with van der Waals surface area (Å²) in [5, 5.41) is 0. The molecule has 0 spiro atoms. The maximum atomic E-state index is 9.37. The smallest absolute Gasteiger partial charge is 0.759 e. The molecule has 20 nitrogen and oxygen atoms in total. The second-order valence-corrected chi connectivity index (χ2v) is 6.94. The van der Waals surface area contributed by atoms with Crippen molar-refractivity contribution in [3.05, 3.63) is 0 Å². The van der Waals surface area contributed by atoms with E-state index in [0.29, 0.717) is 0 Å². The van der Waals surface area contributed by atoms with Gasteiger partial charge in [0.25, 0.3) is 0 Å². The minimum Gasteiger partial charge on any atom is -0.759 e. The maximum Gasteiger partial charge on any atom is 3.00 e. The van der Waals surface area contributed by atoms with E-state index in [2.05, 4.69) is 17.3 Å². The standard InChI is InChI=1S/2Fe.2H2O8S2.H2O4S/c;;2*1-9(2,3)7-8-10(4,5)6;1-5(2,3)4/h;;2*(H,1,2,3)(H,4,5,6);(H2,1,2,3,4)/q2*+3;;;/p-6. The fourth-order valence-electron chi connectivity index (χ4n) is 0.136. The molecule has 0 aliphatic carbocycles. The van der Waals surface area contributed by atoms with Crippen molar-refractivity contribution in [2.24, 2.45) is 0 Å². The van der Waals surface area contributed by atoms with Crippen LogP contribution in [0.4, 0.5) is 0 Å². The van der Waals surface area contributed by atoms with Crippen molar-refractivity contribution < 1.29 is 121 Å². The molecule has 0 amide bonds. The van der Waals surface area contributed by atoms with Crippen LogP contribution in [0.25, 0.3) is 0 Å². The van der Waals surface area contributed by atoms with E-state index in [4.69, 9.17) is 17.5 Å². The Morgan fingerprint density at radius 2 is 0.444 bits per heavy atom. The van der Waals surface area contributed by atoms with Gasteiger partial charge in [-0.3, -0.25) is 8.42 Å². The monoisotopic (exact) mass is 592 g/mol. The molecule has 0 heterocycles. The average Bonchev–Trinajstić information content (AvgIpc) is 2.18. The Bertz CT molecular complexity index is 758. The summed E-state index contributed by atoms with van der Waals surface area (Å²) in [6.45, 7) is 0. The van der Waals surface area contributed by atoms with Gasteiger partial charge in [-0.15, -0.1) is 17.3 Å². The van der Waals surface area contributed by atoms with Crippen LogP contribution in [0.3, 0.4) is 0 Å². The molecular formula is Fe2O20S5. The van der Waals surface area contributed by atoms with E-state index in [1.807, 2.05) is 0 Å². The van der Waals surface area contributed by atoms with Crippen molar-refractivity contribution in [1.29, 1.82) is 0 Å². The third-order valence-corrected chi connectivity index (χ3v) is 1.50. The summed E-state index contributed by atoms with van der Waals surface area (Å²) < 4.78 is 157. The van der Waals surface area contributed by atoms with Crippen molar-refractivity contribution in [3.63, 3.8) is 0 Å². The van der Waals surface area contributed by atoms with Crippen LogP contribution in [0.1, 0.15) is 0 Å². The number of rotatable bonds is 6. The Labute approximate surface area is 172 Å². The molecule has 0 aliphatic rings. The molecule has 0 bridgehead atoms. The first-order valence-corrected chi connectivity index (χ1v) is 10.3. The minimum atomic E-state index is -5.31. The summed E-state index contributed by atoms with van der Waals surface area (Å²) in [5.74, 6) is 0. The van der Waals surface area contributed by atoms with Gasteiger partial charge in [-0.2, -0.15) is 0 Å². The van der Waals surface area contributed by atoms with Crippen LogP contribution >= 0.6 is 0 Å². The predicted octanol–water partition coefficient (Wildman–Crippen LogP) is -5.63. The normalized spacial score (nSPS) is 12.1. The van der Waals surface area contributed by atoms with Gasteiger partial charge in [-0.05, 0) is 0 Å². The fourth-order valence-corrected chi connectivity index (χ4v) is 1.22. The van der Waals surface area contributed by atoms with Crippen LogP contribution in [0.15, 0.2) is 0 Å². The summed E-state index contributed by atoms with van der Waals surface area (Å²) in [6.07, 6.45) is 0. The van der Waals surface area contributed by atoms with Crippen molar-refractivity contribution in [2.75, 3.05) is 0 Å². The molecular weight excluding hydrogens is 592 g/mol. The summed E-state index contributed by atoms with van der Waals surface area (Å²) >= 11 is 0. The zero-order valence-electron chi connectivity index (χ0n) is 10.9. The molecule has 0 rings (SSSR count). The van der Waals surface area contributed by atoms with Gasteiger partial charge >= 0.3 is 34.1 Å². The molecule has 0 aliphatic heterocycles. The third-order valence-electron chi connectivity index (χ3n) is 0.389. The average molecular weight is 592 g/mol. The summed E-state index contributed by atoms with van der Waals surface area (Å²) in [4.78, 5) is 0. The zero-order chi connectivity index (χ0) is 21.3. The van der Waals surface area contributed by atoms with Gasteiger partial charge < -0.3 is 27.3 Å². The van der Waals surface area contributed by atoms with Gasteiger partial charge in [0.2, 0.25) is 41.6 Å². The quantitative estimate of drug-likeness (QED) is 0.0911. The second kappa shape index (κ2) is 14.4. The van der Waals surface area contributed by atoms with E-state index in [0.717, 1.165) is 0 Å². The molecule has 166 valence electrons. The minimum absolute atomic E-state index is 0. The Morgan fingerprint density at radius 3 is 0.481 bits per heavy atom. The fraction of sp³-hybridized carbons (Fsp3) is 0. The summed E-state index contributed by atoms with van der Waals surface area (Å²) in [7, 11) is -26.4. The largest absolute Gasteiger partial charge is 3.00 e. The van der Waals surface area contributed by atoms with Crippen molar-refractivity contribution in [1.82, 2.24) is 0 Å². The van der Waals surface area contributed by atoms with Crippen LogP contribution in [0.2, 0.25) is 0 Å². The number of hydrogen-bond donors (Lipinski definition) is 0. The van der Waals surface area contributed by atoms with Crippen LogP contribution in [0, 0.1) is 0 Å².